The molecule has 1 heterocycles. The molecule has 21 heavy (non-hydrogen) atoms. The molecule has 0 radical (unpaired) electrons. The SMILES string of the molecule is CC(C)(C)OC(=O)NCC=S.CN1C(CS)SCC1(C)C. The van der Waals surface area contributed by atoms with Gasteiger partial charge in [-0.1, -0.05) is 12.2 Å². The van der Waals surface area contributed by atoms with Crippen LogP contribution in [0, 0.1) is 0 Å². The first-order chi connectivity index (χ1) is 9.53. The maximum Gasteiger partial charge on any atom is 0.407 e. The van der Waals surface area contributed by atoms with Gasteiger partial charge in [-0.2, -0.15) is 12.6 Å². The summed E-state index contributed by atoms with van der Waals surface area (Å²) < 4.78 is 4.92. The summed E-state index contributed by atoms with van der Waals surface area (Å²) in [5.41, 5.74) is -0.0659. The summed E-state index contributed by atoms with van der Waals surface area (Å²) in [6.07, 6.45) is -0.432. The monoisotopic (exact) mass is 352 g/mol. The van der Waals surface area contributed by atoms with E-state index in [4.69, 9.17) is 4.74 Å². The highest BCUT2D eigenvalue weighted by atomic mass is 32.2. The minimum Gasteiger partial charge on any atom is -0.444 e. The van der Waals surface area contributed by atoms with Crippen LogP contribution >= 0.6 is 36.6 Å². The Morgan fingerprint density at radius 2 is 2.14 bits per heavy atom. The fourth-order valence-corrected chi connectivity index (χ4v) is 3.58. The Morgan fingerprint density at radius 1 is 1.57 bits per heavy atom. The Bertz CT molecular complexity index is 344. The van der Waals surface area contributed by atoms with Crippen molar-refractivity contribution in [3.05, 3.63) is 0 Å². The van der Waals surface area contributed by atoms with Gasteiger partial charge < -0.3 is 10.1 Å². The number of hydrogen-bond acceptors (Lipinski definition) is 6. The lowest BCUT2D eigenvalue weighted by molar-refractivity contribution is 0.0537. The van der Waals surface area contributed by atoms with Crippen LogP contribution in [0.2, 0.25) is 0 Å². The molecule has 1 aliphatic heterocycles. The van der Waals surface area contributed by atoms with Crippen molar-refractivity contribution in [3.63, 3.8) is 0 Å². The average Bonchev–Trinajstić information content (AvgIpc) is 2.60. The number of carbonyl (C=O) groups is 1. The van der Waals surface area contributed by atoms with Crippen LogP contribution < -0.4 is 5.32 Å². The van der Waals surface area contributed by atoms with E-state index in [1.807, 2.05) is 32.5 Å². The van der Waals surface area contributed by atoms with Gasteiger partial charge in [-0.3, -0.25) is 4.90 Å². The number of rotatable bonds is 3. The van der Waals surface area contributed by atoms with Gasteiger partial charge in [0.1, 0.15) is 5.60 Å². The third-order valence-electron chi connectivity index (χ3n) is 2.90. The van der Waals surface area contributed by atoms with Gasteiger partial charge in [0, 0.05) is 23.6 Å². The van der Waals surface area contributed by atoms with Crippen molar-refractivity contribution in [1.82, 2.24) is 10.2 Å². The third-order valence-corrected chi connectivity index (χ3v) is 5.40. The summed E-state index contributed by atoms with van der Waals surface area (Å²) in [7, 11) is 2.18. The van der Waals surface area contributed by atoms with Gasteiger partial charge >= 0.3 is 6.09 Å². The van der Waals surface area contributed by atoms with Crippen molar-refractivity contribution in [3.8, 4) is 0 Å². The molecule has 1 atom stereocenters. The van der Waals surface area contributed by atoms with Gasteiger partial charge in [0.25, 0.3) is 0 Å². The fourth-order valence-electron chi connectivity index (χ4n) is 1.52. The number of thiol groups is 1. The first-order valence-corrected chi connectivity index (χ1v) is 9.04. The molecule has 124 valence electrons. The molecular formula is C14H28N2O2S3. The van der Waals surface area contributed by atoms with Crippen molar-refractivity contribution in [2.75, 3.05) is 25.1 Å². The zero-order chi connectivity index (χ0) is 16.7. The molecule has 1 aliphatic rings. The maximum atomic E-state index is 10.8. The minimum atomic E-state index is -0.439. The predicted octanol–water partition coefficient (Wildman–Crippen LogP) is 3.21. The number of alkyl carbamates (subject to hydrolysis) is 1. The predicted molar refractivity (Wildman–Crippen MR) is 99.8 cm³/mol. The van der Waals surface area contributed by atoms with Crippen molar-refractivity contribution >= 4 is 48.1 Å². The van der Waals surface area contributed by atoms with E-state index in [1.165, 1.54) is 11.1 Å². The van der Waals surface area contributed by atoms with E-state index in [0.29, 0.717) is 17.5 Å². The Kier molecular flexibility index (Phi) is 9.23. The van der Waals surface area contributed by atoms with Crippen LogP contribution in [0.25, 0.3) is 0 Å². The van der Waals surface area contributed by atoms with E-state index >= 15 is 0 Å². The summed E-state index contributed by atoms with van der Waals surface area (Å²) in [4.78, 5) is 13.2. The smallest absolute Gasteiger partial charge is 0.407 e. The van der Waals surface area contributed by atoms with E-state index in [2.05, 4.69) is 56.0 Å². The molecule has 4 nitrogen and oxygen atoms in total. The van der Waals surface area contributed by atoms with Gasteiger partial charge in [-0.05, 0) is 47.0 Å². The zero-order valence-corrected chi connectivity index (χ0v) is 16.3. The first-order valence-electron chi connectivity index (χ1n) is 6.89. The Morgan fingerprint density at radius 3 is 2.43 bits per heavy atom. The lowest BCUT2D eigenvalue weighted by Gasteiger charge is -2.29. The van der Waals surface area contributed by atoms with Crippen LogP contribution in [-0.4, -0.2) is 58.0 Å². The van der Waals surface area contributed by atoms with Crippen LogP contribution in [-0.2, 0) is 4.74 Å². The molecule has 0 bridgehead atoms. The zero-order valence-electron chi connectivity index (χ0n) is 13.8. The number of carbonyl (C=O) groups excluding carboxylic acids is 1. The first kappa shape index (κ1) is 21.0. The molecule has 0 saturated carbocycles. The van der Waals surface area contributed by atoms with E-state index in [1.54, 1.807) is 0 Å². The molecule has 1 N–H and O–H groups in total. The molecule has 1 amide bonds. The van der Waals surface area contributed by atoms with Crippen LogP contribution in [0.4, 0.5) is 4.79 Å². The second-order valence-electron chi connectivity index (χ2n) is 6.42. The Hall–Kier alpha value is 0.0200. The van der Waals surface area contributed by atoms with Crippen molar-refractivity contribution in [1.29, 1.82) is 0 Å². The largest absolute Gasteiger partial charge is 0.444 e. The van der Waals surface area contributed by atoms with E-state index in [-0.39, 0.29) is 0 Å². The highest BCUT2D eigenvalue weighted by Crippen LogP contribution is 2.34. The van der Waals surface area contributed by atoms with Crippen LogP contribution in [0.15, 0.2) is 0 Å². The third kappa shape index (κ3) is 8.90. The Balaban J connectivity index is 0.000000382. The van der Waals surface area contributed by atoms with Crippen LogP contribution in [0.5, 0.6) is 0 Å². The lowest BCUT2D eigenvalue weighted by Crippen LogP contribution is -2.41. The second-order valence-corrected chi connectivity index (χ2v) is 8.29. The van der Waals surface area contributed by atoms with Gasteiger partial charge in [-0.15, -0.1) is 11.8 Å². The molecule has 1 saturated heterocycles. The van der Waals surface area contributed by atoms with Gasteiger partial charge in [-0.25, -0.2) is 4.79 Å². The van der Waals surface area contributed by atoms with Gasteiger partial charge in [0.2, 0.25) is 0 Å². The molecule has 0 aromatic rings. The minimum absolute atomic E-state index is 0.365. The summed E-state index contributed by atoms with van der Waals surface area (Å²) >= 11 is 10.8. The van der Waals surface area contributed by atoms with Crippen molar-refractivity contribution in [2.24, 2.45) is 0 Å². The molecule has 7 heteroatoms. The molecule has 0 aliphatic carbocycles. The number of nitrogens with zero attached hydrogens (tertiary/aromatic N) is 1. The van der Waals surface area contributed by atoms with Gasteiger partial charge in [0.15, 0.2) is 0 Å². The number of nitrogens with one attached hydrogen (secondary N) is 1. The van der Waals surface area contributed by atoms with E-state index < -0.39 is 11.7 Å². The number of thiocarbonyl (C=S) groups is 1. The molecular weight excluding hydrogens is 324 g/mol. The van der Waals surface area contributed by atoms with E-state index in [0.717, 1.165) is 5.75 Å². The Labute approximate surface area is 144 Å². The van der Waals surface area contributed by atoms with Crippen LogP contribution in [0.1, 0.15) is 34.6 Å². The molecule has 1 rings (SSSR count). The summed E-state index contributed by atoms with van der Waals surface area (Å²) in [5.74, 6) is 2.19. The summed E-state index contributed by atoms with van der Waals surface area (Å²) in [6, 6.07) is 0. The fraction of sp³-hybridized carbons (Fsp3) is 0.857. The van der Waals surface area contributed by atoms with Crippen molar-refractivity contribution in [2.45, 2.75) is 51.1 Å². The number of thioether (sulfide) groups is 1. The topological polar surface area (TPSA) is 41.6 Å². The lowest BCUT2D eigenvalue weighted by atomic mass is 10.1. The molecule has 0 aromatic heterocycles. The average molecular weight is 353 g/mol. The highest BCUT2D eigenvalue weighted by molar-refractivity contribution is 8.00. The molecule has 0 aromatic carbocycles. The van der Waals surface area contributed by atoms with E-state index in [9.17, 15) is 4.79 Å². The number of amides is 1. The normalized spacial score (nSPS) is 21.2. The highest BCUT2D eigenvalue weighted by Gasteiger charge is 2.36. The quantitative estimate of drug-likeness (QED) is 0.603. The second kappa shape index (κ2) is 9.22. The summed E-state index contributed by atoms with van der Waals surface area (Å²) in [5, 5.41) is 4.53. The standard InChI is InChI=1S/C7H13NO2S.C7H15NS2/c1-7(2,3)10-6(9)8-4-5-11;1-7(2)5-10-6(4-9)8(7)3/h5H,4H2,1-3H3,(H,8,9);6,9H,4-5H2,1-3H3. The van der Waals surface area contributed by atoms with Crippen molar-refractivity contribution < 1.29 is 9.53 Å². The molecule has 1 fully saturated rings. The number of ether oxygens (including phenoxy) is 1. The number of hydrogen-bond donors (Lipinski definition) is 2. The summed E-state index contributed by atoms with van der Waals surface area (Å²) in [6.45, 7) is 10.4. The molecule has 0 spiro atoms. The van der Waals surface area contributed by atoms with Gasteiger partial charge in [0.05, 0.1) is 5.37 Å². The maximum absolute atomic E-state index is 10.8. The van der Waals surface area contributed by atoms with Crippen LogP contribution in [0.3, 0.4) is 0 Å². The molecule has 1 unspecified atom stereocenters.